The van der Waals surface area contributed by atoms with Gasteiger partial charge >= 0.3 is 0 Å². The summed E-state index contributed by atoms with van der Waals surface area (Å²) in [7, 11) is 0. The molecular formula is C17H16N4O5. The van der Waals surface area contributed by atoms with E-state index in [0.717, 1.165) is 0 Å². The van der Waals surface area contributed by atoms with Crippen molar-refractivity contribution in [2.45, 2.75) is 13.8 Å². The van der Waals surface area contributed by atoms with Gasteiger partial charge in [0, 0.05) is 18.2 Å². The van der Waals surface area contributed by atoms with Crippen LogP contribution in [0.4, 0.5) is 5.69 Å². The predicted octanol–water partition coefficient (Wildman–Crippen LogP) is 3.03. The lowest BCUT2D eigenvalue weighted by molar-refractivity contribution is -0.384. The smallest absolute Gasteiger partial charge is 0.293 e. The van der Waals surface area contributed by atoms with Crippen LogP contribution < -0.4 is 5.48 Å². The number of rotatable bonds is 6. The third-order valence-electron chi connectivity index (χ3n) is 3.53. The molecule has 2 heterocycles. The van der Waals surface area contributed by atoms with E-state index in [2.05, 4.69) is 10.6 Å². The van der Waals surface area contributed by atoms with Crippen molar-refractivity contribution < 1.29 is 19.0 Å². The Balaban J connectivity index is 2.09. The zero-order valence-corrected chi connectivity index (χ0v) is 14.1. The van der Waals surface area contributed by atoms with Crippen LogP contribution in [0.3, 0.4) is 0 Å². The van der Waals surface area contributed by atoms with E-state index in [9.17, 15) is 14.9 Å². The van der Waals surface area contributed by atoms with Crippen LogP contribution >= 0.6 is 0 Å². The van der Waals surface area contributed by atoms with Gasteiger partial charge in [-0.05, 0) is 32.0 Å². The number of carbonyl (C=O) groups is 1. The van der Waals surface area contributed by atoms with Gasteiger partial charge in [-0.1, -0.05) is 6.07 Å². The molecule has 1 aromatic carbocycles. The van der Waals surface area contributed by atoms with Crippen LogP contribution in [0.15, 0.2) is 46.9 Å². The van der Waals surface area contributed by atoms with Crippen LogP contribution in [0.1, 0.15) is 23.2 Å². The van der Waals surface area contributed by atoms with Crippen LogP contribution in [0.2, 0.25) is 0 Å². The molecule has 1 amide bonds. The minimum Gasteiger partial charge on any atom is -0.460 e. The van der Waals surface area contributed by atoms with Crippen molar-refractivity contribution in [3.63, 3.8) is 0 Å². The van der Waals surface area contributed by atoms with Crippen LogP contribution in [0.25, 0.3) is 17.1 Å². The normalized spacial score (nSPS) is 10.7. The molecule has 26 heavy (non-hydrogen) atoms. The summed E-state index contributed by atoms with van der Waals surface area (Å²) in [5.41, 5.74) is 3.14. The van der Waals surface area contributed by atoms with Crippen LogP contribution in [0, 0.1) is 17.0 Å². The average molecular weight is 356 g/mol. The fraction of sp³-hybridized carbons (Fsp3) is 0.176. The Labute approximate surface area is 148 Å². The Morgan fingerprint density at radius 3 is 2.81 bits per heavy atom. The van der Waals surface area contributed by atoms with E-state index in [4.69, 9.17) is 9.25 Å². The zero-order valence-electron chi connectivity index (χ0n) is 14.1. The second-order valence-electron chi connectivity index (χ2n) is 5.38. The molecule has 0 aliphatic heterocycles. The van der Waals surface area contributed by atoms with E-state index >= 15 is 0 Å². The van der Waals surface area contributed by atoms with Crippen molar-refractivity contribution in [2.24, 2.45) is 0 Å². The highest BCUT2D eigenvalue weighted by Gasteiger charge is 2.20. The zero-order chi connectivity index (χ0) is 18.7. The van der Waals surface area contributed by atoms with Gasteiger partial charge < -0.3 is 4.42 Å². The maximum atomic E-state index is 12.4. The molecule has 2 aromatic heterocycles. The average Bonchev–Trinajstić information content (AvgIpc) is 3.26. The van der Waals surface area contributed by atoms with Crippen molar-refractivity contribution in [2.75, 3.05) is 6.61 Å². The Hall–Kier alpha value is -3.46. The van der Waals surface area contributed by atoms with E-state index < -0.39 is 10.8 Å². The van der Waals surface area contributed by atoms with Crippen molar-refractivity contribution >= 4 is 11.6 Å². The maximum Gasteiger partial charge on any atom is 0.293 e. The Morgan fingerprint density at radius 2 is 2.15 bits per heavy atom. The maximum absolute atomic E-state index is 12.4. The number of amides is 1. The number of aryl methyl sites for hydroxylation is 1. The van der Waals surface area contributed by atoms with Gasteiger partial charge in [-0.25, -0.2) is 10.2 Å². The van der Waals surface area contributed by atoms with Crippen LogP contribution in [-0.4, -0.2) is 27.2 Å². The first-order chi connectivity index (χ1) is 12.5. The number of nitro groups is 1. The van der Waals surface area contributed by atoms with Gasteiger partial charge in [0.2, 0.25) is 0 Å². The predicted molar refractivity (Wildman–Crippen MR) is 91.7 cm³/mol. The number of nitrogens with one attached hydrogen (secondary N) is 1. The van der Waals surface area contributed by atoms with Gasteiger partial charge in [-0.15, -0.1) is 0 Å². The second kappa shape index (κ2) is 7.19. The molecule has 134 valence electrons. The minimum atomic E-state index is -0.527. The number of carbonyl (C=O) groups excluding carboxylic acids is 1. The summed E-state index contributed by atoms with van der Waals surface area (Å²) in [5, 5.41) is 15.4. The Morgan fingerprint density at radius 1 is 1.35 bits per heavy atom. The van der Waals surface area contributed by atoms with Crippen LogP contribution in [-0.2, 0) is 4.84 Å². The van der Waals surface area contributed by atoms with Gasteiger partial charge in [-0.2, -0.15) is 5.10 Å². The molecule has 0 fully saturated rings. The summed E-state index contributed by atoms with van der Waals surface area (Å²) in [6.45, 7) is 3.82. The molecular weight excluding hydrogens is 340 g/mol. The number of hydrogen-bond donors (Lipinski definition) is 1. The number of furan rings is 1. The summed E-state index contributed by atoms with van der Waals surface area (Å²) < 4.78 is 6.86. The molecule has 0 bridgehead atoms. The van der Waals surface area contributed by atoms with E-state index in [1.807, 2.05) is 0 Å². The first kappa shape index (κ1) is 17.4. The molecule has 0 saturated heterocycles. The first-order valence-corrected chi connectivity index (χ1v) is 7.83. The first-order valence-electron chi connectivity index (χ1n) is 7.83. The van der Waals surface area contributed by atoms with Gasteiger partial charge in [0.25, 0.3) is 11.6 Å². The largest absolute Gasteiger partial charge is 0.460 e. The molecule has 0 aliphatic rings. The summed E-state index contributed by atoms with van der Waals surface area (Å²) in [6, 6.07) is 10.9. The SMILES string of the molecule is CCONC(=O)c1cc(-c2ccc(C)o2)nn1-c1cccc([N+](=O)[O-])c1. The fourth-order valence-electron chi connectivity index (χ4n) is 2.36. The molecule has 9 nitrogen and oxygen atoms in total. The molecule has 0 unspecified atom stereocenters. The summed E-state index contributed by atoms with van der Waals surface area (Å²) in [4.78, 5) is 27.9. The third-order valence-corrected chi connectivity index (χ3v) is 3.53. The Bertz CT molecular complexity index is 960. The van der Waals surface area contributed by atoms with Crippen LogP contribution in [0.5, 0.6) is 0 Å². The summed E-state index contributed by atoms with van der Waals surface area (Å²) >= 11 is 0. The lowest BCUT2D eigenvalue weighted by Gasteiger charge is -2.07. The quantitative estimate of drug-likeness (QED) is 0.536. The topological polar surface area (TPSA) is 112 Å². The molecule has 1 N–H and O–H groups in total. The molecule has 3 rings (SSSR count). The fourth-order valence-corrected chi connectivity index (χ4v) is 2.36. The molecule has 0 saturated carbocycles. The third kappa shape index (κ3) is 3.47. The Kier molecular flexibility index (Phi) is 4.81. The van der Waals surface area contributed by atoms with Crippen molar-refractivity contribution in [3.05, 3.63) is 64.0 Å². The minimum absolute atomic E-state index is 0.107. The molecule has 0 aliphatic carbocycles. The number of hydrogen-bond acceptors (Lipinski definition) is 6. The standard InChI is InChI=1S/C17H16N4O5/c1-3-25-19-17(22)15-10-14(16-8-7-11(2)26-16)18-20(15)12-5-4-6-13(9-12)21(23)24/h4-10H,3H2,1-2H3,(H,19,22). The summed E-state index contributed by atoms with van der Waals surface area (Å²) in [6.07, 6.45) is 0. The van der Waals surface area contributed by atoms with Crippen molar-refractivity contribution in [3.8, 4) is 17.1 Å². The lowest BCUT2D eigenvalue weighted by atomic mass is 10.2. The van der Waals surface area contributed by atoms with Crippen molar-refractivity contribution in [1.29, 1.82) is 0 Å². The monoisotopic (exact) mass is 356 g/mol. The highest BCUT2D eigenvalue weighted by atomic mass is 16.6. The molecule has 3 aromatic rings. The van der Waals surface area contributed by atoms with E-state index in [1.165, 1.54) is 28.9 Å². The number of nitro benzene ring substituents is 1. The number of aromatic nitrogens is 2. The molecule has 0 atom stereocenters. The highest BCUT2D eigenvalue weighted by Crippen LogP contribution is 2.25. The highest BCUT2D eigenvalue weighted by molar-refractivity contribution is 5.93. The van der Waals surface area contributed by atoms with E-state index in [1.54, 1.807) is 32.0 Å². The van der Waals surface area contributed by atoms with Gasteiger partial charge in [0.15, 0.2) is 5.76 Å². The van der Waals surface area contributed by atoms with Gasteiger partial charge in [-0.3, -0.25) is 19.7 Å². The second-order valence-corrected chi connectivity index (χ2v) is 5.38. The van der Waals surface area contributed by atoms with Gasteiger partial charge in [0.05, 0.1) is 17.2 Å². The number of hydroxylamine groups is 1. The number of benzene rings is 1. The molecule has 9 heteroatoms. The van der Waals surface area contributed by atoms with Crippen molar-refractivity contribution in [1.82, 2.24) is 15.3 Å². The lowest BCUT2D eigenvalue weighted by Crippen LogP contribution is -2.26. The number of non-ortho nitro benzene ring substituents is 1. The van der Waals surface area contributed by atoms with E-state index in [0.29, 0.717) is 29.5 Å². The van der Waals surface area contributed by atoms with E-state index in [-0.39, 0.29) is 11.4 Å². The molecule has 0 radical (unpaired) electrons. The molecule has 0 spiro atoms. The number of nitrogens with zero attached hydrogens (tertiary/aromatic N) is 3. The van der Waals surface area contributed by atoms with Gasteiger partial charge in [0.1, 0.15) is 17.1 Å². The summed E-state index contributed by atoms with van der Waals surface area (Å²) in [5.74, 6) is 0.655.